The fraction of sp³-hybridized carbons (Fsp3) is 0.364. The van der Waals surface area contributed by atoms with E-state index in [1.165, 1.54) is 115 Å². The standard InChI is InChI=1S/C44H46N4S2/c1-5-9-15-27(7-3)25-47-33-21-23-49-43(33)35-39-40(46-38-32-20-14-12-18-30(32)29-17-11-13-19-31(29)37(38)45-39)36-42(41(35)47)48(34-22-24-50-44(34)36)26-28(8-4)16-10-6-2/h11-14,17-24,27-28H,5-10,15-16,25-26H2,1-4H3. The number of aromatic nitrogens is 4. The fourth-order valence-electron chi connectivity index (χ4n) is 8.80. The van der Waals surface area contributed by atoms with Gasteiger partial charge in [0.25, 0.3) is 0 Å². The van der Waals surface area contributed by atoms with Crippen LogP contribution in [-0.4, -0.2) is 19.1 Å². The highest BCUT2D eigenvalue weighted by Gasteiger charge is 2.28. The monoisotopic (exact) mass is 694 g/mol. The fourth-order valence-corrected chi connectivity index (χ4v) is 10.7. The molecule has 5 heterocycles. The molecular formula is C44H46N4S2. The third-order valence-electron chi connectivity index (χ3n) is 11.6. The molecule has 0 spiro atoms. The Labute approximate surface area is 301 Å². The molecule has 6 heteroatoms. The predicted octanol–water partition coefficient (Wildman–Crippen LogP) is 13.9. The average molecular weight is 695 g/mol. The molecule has 4 aromatic carbocycles. The highest BCUT2D eigenvalue weighted by Crippen LogP contribution is 2.48. The summed E-state index contributed by atoms with van der Waals surface area (Å²) in [6.45, 7) is 11.5. The zero-order valence-electron chi connectivity index (χ0n) is 29.8. The van der Waals surface area contributed by atoms with Gasteiger partial charge in [0, 0.05) is 34.6 Å². The second-order valence-corrected chi connectivity index (χ2v) is 16.3. The summed E-state index contributed by atoms with van der Waals surface area (Å²) < 4.78 is 8.13. The van der Waals surface area contributed by atoms with E-state index in [1.54, 1.807) is 0 Å². The second kappa shape index (κ2) is 13.0. The maximum absolute atomic E-state index is 5.77. The topological polar surface area (TPSA) is 35.6 Å². The predicted molar refractivity (Wildman–Crippen MR) is 220 cm³/mol. The number of fused-ring (bicyclic) bond motifs is 16. The SMILES string of the molecule is CCCCC(CC)Cn1c2ccsc2c2c3nc4c5ccccc5c5ccccc5c4nc3c3c4sccc4n(CC(CC)CCCC)c3c21. The van der Waals surface area contributed by atoms with Crippen molar-refractivity contribution >= 4 is 109 Å². The molecule has 50 heavy (non-hydrogen) atoms. The number of hydrogen-bond donors (Lipinski definition) is 0. The van der Waals surface area contributed by atoms with Crippen LogP contribution in [0.2, 0.25) is 0 Å². The summed E-state index contributed by atoms with van der Waals surface area (Å²) in [7, 11) is 0. The molecule has 254 valence electrons. The van der Waals surface area contributed by atoms with Crippen molar-refractivity contribution < 1.29 is 0 Å². The maximum atomic E-state index is 5.77. The van der Waals surface area contributed by atoms with Crippen LogP contribution < -0.4 is 0 Å². The molecule has 0 aliphatic carbocycles. The number of benzene rings is 4. The van der Waals surface area contributed by atoms with E-state index in [-0.39, 0.29) is 0 Å². The molecule has 9 rings (SSSR count). The molecule has 0 saturated carbocycles. The first kappa shape index (κ1) is 31.9. The summed E-state index contributed by atoms with van der Waals surface area (Å²) in [5.74, 6) is 1.27. The lowest BCUT2D eigenvalue weighted by molar-refractivity contribution is 0.398. The summed E-state index contributed by atoms with van der Waals surface area (Å²) in [6.07, 6.45) is 9.96. The van der Waals surface area contributed by atoms with Gasteiger partial charge in [-0.3, -0.25) is 0 Å². The van der Waals surface area contributed by atoms with Crippen molar-refractivity contribution in [1.82, 2.24) is 19.1 Å². The van der Waals surface area contributed by atoms with Gasteiger partial charge in [0.2, 0.25) is 0 Å². The largest absolute Gasteiger partial charge is 0.338 e. The Morgan fingerprint density at radius 1 is 0.540 bits per heavy atom. The number of rotatable bonds is 12. The average Bonchev–Trinajstić information content (AvgIpc) is 3.94. The van der Waals surface area contributed by atoms with Crippen molar-refractivity contribution in [2.24, 2.45) is 11.8 Å². The molecule has 0 amide bonds. The number of nitrogens with zero attached hydrogens (tertiary/aromatic N) is 4. The first-order chi connectivity index (χ1) is 24.7. The minimum Gasteiger partial charge on any atom is -0.338 e. The van der Waals surface area contributed by atoms with Gasteiger partial charge in [-0.2, -0.15) is 0 Å². The molecule has 0 N–H and O–H groups in total. The van der Waals surface area contributed by atoms with Crippen molar-refractivity contribution in [2.45, 2.75) is 92.2 Å². The third-order valence-corrected chi connectivity index (χ3v) is 13.4. The minimum absolute atomic E-state index is 0.634. The molecule has 0 bridgehead atoms. The van der Waals surface area contributed by atoms with Gasteiger partial charge >= 0.3 is 0 Å². The van der Waals surface area contributed by atoms with Gasteiger partial charge in [-0.1, -0.05) is 115 Å². The summed E-state index contributed by atoms with van der Waals surface area (Å²) in [4.78, 5) is 11.5. The van der Waals surface area contributed by atoms with Crippen LogP contribution in [0.5, 0.6) is 0 Å². The zero-order chi connectivity index (χ0) is 33.9. The molecular weight excluding hydrogens is 649 g/mol. The molecule has 0 aliphatic rings. The maximum Gasteiger partial charge on any atom is 0.101 e. The van der Waals surface area contributed by atoms with Gasteiger partial charge in [-0.25, -0.2) is 9.97 Å². The van der Waals surface area contributed by atoms with E-state index in [2.05, 4.69) is 108 Å². The Morgan fingerprint density at radius 3 is 1.36 bits per heavy atom. The van der Waals surface area contributed by atoms with Crippen LogP contribution in [0.4, 0.5) is 0 Å². The van der Waals surface area contributed by atoms with Crippen LogP contribution in [0.25, 0.3) is 85.9 Å². The smallest absolute Gasteiger partial charge is 0.101 e. The normalized spacial score (nSPS) is 13.8. The van der Waals surface area contributed by atoms with Crippen LogP contribution in [0.3, 0.4) is 0 Å². The van der Waals surface area contributed by atoms with Gasteiger partial charge < -0.3 is 9.13 Å². The molecule has 2 unspecified atom stereocenters. The van der Waals surface area contributed by atoms with E-state index in [0.29, 0.717) is 11.8 Å². The minimum atomic E-state index is 0.634. The third kappa shape index (κ3) is 4.81. The Balaban J connectivity index is 1.49. The summed E-state index contributed by atoms with van der Waals surface area (Å²) >= 11 is 3.75. The van der Waals surface area contributed by atoms with E-state index < -0.39 is 0 Å². The van der Waals surface area contributed by atoms with Crippen molar-refractivity contribution in [3.63, 3.8) is 0 Å². The van der Waals surface area contributed by atoms with Crippen LogP contribution in [0.1, 0.15) is 79.1 Å². The zero-order valence-corrected chi connectivity index (χ0v) is 31.4. The quantitative estimate of drug-likeness (QED) is 0.0942. The van der Waals surface area contributed by atoms with Crippen molar-refractivity contribution in [3.8, 4) is 0 Å². The molecule has 5 aromatic heterocycles. The molecule has 0 radical (unpaired) electrons. The molecule has 0 saturated heterocycles. The molecule has 0 aliphatic heterocycles. The lowest BCUT2D eigenvalue weighted by Crippen LogP contribution is -2.13. The Kier molecular flexibility index (Phi) is 8.28. The van der Waals surface area contributed by atoms with E-state index in [1.807, 2.05) is 22.7 Å². The van der Waals surface area contributed by atoms with Crippen molar-refractivity contribution in [1.29, 1.82) is 0 Å². The van der Waals surface area contributed by atoms with Crippen molar-refractivity contribution in [3.05, 3.63) is 71.4 Å². The van der Waals surface area contributed by atoms with Crippen LogP contribution in [0, 0.1) is 11.8 Å². The van der Waals surface area contributed by atoms with Crippen LogP contribution in [0.15, 0.2) is 71.4 Å². The summed E-state index contributed by atoms with van der Waals surface area (Å²) in [5, 5.41) is 12.0. The van der Waals surface area contributed by atoms with Crippen LogP contribution in [-0.2, 0) is 13.1 Å². The van der Waals surface area contributed by atoms with E-state index in [4.69, 9.17) is 9.97 Å². The highest BCUT2D eigenvalue weighted by atomic mass is 32.1. The van der Waals surface area contributed by atoms with E-state index in [0.717, 1.165) is 35.2 Å². The van der Waals surface area contributed by atoms with Gasteiger partial charge in [-0.05, 0) is 58.3 Å². The molecule has 0 fully saturated rings. The number of unbranched alkanes of at least 4 members (excludes halogenated alkanes) is 2. The lowest BCUT2D eigenvalue weighted by atomic mass is 9.98. The number of hydrogen-bond acceptors (Lipinski definition) is 4. The summed E-state index contributed by atoms with van der Waals surface area (Å²) in [6, 6.07) is 22.3. The lowest BCUT2D eigenvalue weighted by Gasteiger charge is -2.20. The van der Waals surface area contributed by atoms with Gasteiger partial charge in [0.05, 0.1) is 42.5 Å². The van der Waals surface area contributed by atoms with Gasteiger partial charge in [0.1, 0.15) is 11.0 Å². The van der Waals surface area contributed by atoms with Crippen molar-refractivity contribution in [2.75, 3.05) is 0 Å². The van der Waals surface area contributed by atoms with Gasteiger partial charge in [-0.15, -0.1) is 22.7 Å². The number of thiophene rings is 2. The highest BCUT2D eigenvalue weighted by molar-refractivity contribution is 7.19. The van der Waals surface area contributed by atoms with Gasteiger partial charge in [0.15, 0.2) is 0 Å². The Morgan fingerprint density at radius 2 is 0.960 bits per heavy atom. The first-order valence-electron chi connectivity index (χ1n) is 19.0. The second-order valence-electron chi connectivity index (χ2n) is 14.5. The summed E-state index contributed by atoms with van der Waals surface area (Å²) in [5.41, 5.74) is 9.57. The van der Waals surface area contributed by atoms with E-state index >= 15 is 0 Å². The Hall–Kier alpha value is -4.00. The first-order valence-corrected chi connectivity index (χ1v) is 20.7. The Bertz CT molecular complexity index is 2500. The van der Waals surface area contributed by atoms with E-state index in [9.17, 15) is 0 Å². The van der Waals surface area contributed by atoms with Crippen LogP contribution >= 0.6 is 22.7 Å². The molecule has 2 atom stereocenters. The molecule has 9 aromatic rings. The molecule has 4 nitrogen and oxygen atoms in total.